The summed E-state index contributed by atoms with van der Waals surface area (Å²) in [5, 5.41) is 8.81. The summed E-state index contributed by atoms with van der Waals surface area (Å²) >= 11 is 0. The number of amides is 2. The fourth-order valence-electron chi connectivity index (χ4n) is 3.42. The van der Waals surface area contributed by atoms with Crippen molar-refractivity contribution in [1.29, 1.82) is 5.26 Å². The van der Waals surface area contributed by atoms with E-state index in [1.54, 1.807) is 0 Å². The second-order valence-corrected chi connectivity index (χ2v) is 5.85. The molecule has 1 heterocycles. The van der Waals surface area contributed by atoms with Crippen LogP contribution < -0.4 is 4.90 Å². The summed E-state index contributed by atoms with van der Waals surface area (Å²) in [6.07, 6.45) is -1.85. The van der Waals surface area contributed by atoms with Crippen molar-refractivity contribution in [3.05, 3.63) is 29.3 Å². The molecule has 2 atom stereocenters. The smallest absolute Gasteiger partial charge is 0.274 e. The molecule has 4 nitrogen and oxygen atoms in total. The zero-order valence-electron chi connectivity index (χ0n) is 12.1. The minimum atomic E-state index is -4.72. The molecular formula is C16H13F3N2O2. The van der Waals surface area contributed by atoms with Gasteiger partial charge in [-0.15, -0.1) is 0 Å². The van der Waals surface area contributed by atoms with Gasteiger partial charge < -0.3 is 0 Å². The van der Waals surface area contributed by atoms with Crippen LogP contribution in [0.25, 0.3) is 0 Å². The van der Waals surface area contributed by atoms with Crippen LogP contribution in [0.2, 0.25) is 0 Å². The minimum absolute atomic E-state index is 0.110. The Balaban J connectivity index is 2.04. The second-order valence-electron chi connectivity index (χ2n) is 5.85. The van der Waals surface area contributed by atoms with Crippen LogP contribution in [0.15, 0.2) is 18.2 Å². The number of nitrogens with zero attached hydrogens (tertiary/aromatic N) is 2. The first-order chi connectivity index (χ1) is 10.8. The van der Waals surface area contributed by atoms with Gasteiger partial charge in [0.05, 0.1) is 34.7 Å². The van der Waals surface area contributed by atoms with Gasteiger partial charge in [0.15, 0.2) is 0 Å². The maximum Gasteiger partial charge on any atom is 0.417 e. The Kier molecular flexibility index (Phi) is 3.63. The van der Waals surface area contributed by atoms with Gasteiger partial charge in [-0.1, -0.05) is 12.8 Å². The van der Waals surface area contributed by atoms with Crippen LogP contribution in [-0.4, -0.2) is 11.8 Å². The van der Waals surface area contributed by atoms with Gasteiger partial charge in [-0.2, -0.15) is 18.4 Å². The van der Waals surface area contributed by atoms with Gasteiger partial charge in [-0.05, 0) is 31.0 Å². The summed E-state index contributed by atoms with van der Waals surface area (Å²) in [4.78, 5) is 25.7. The number of benzene rings is 1. The molecule has 3 rings (SSSR count). The number of imide groups is 1. The SMILES string of the molecule is N#Cc1ccc(N2C(=O)C3CCCCC3C2=O)cc1C(F)(F)F. The lowest BCUT2D eigenvalue weighted by Crippen LogP contribution is -2.31. The summed E-state index contributed by atoms with van der Waals surface area (Å²) in [5.41, 5.74) is -1.77. The standard InChI is InChI=1S/C16H13F3N2O2/c17-16(18,19)13-7-10(6-5-9(13)8-20)21-14(22)11-3-1-2-4-12(11)15(21)23/h5-7,11-12H,1-4H2. The number of carbonyl (C=O) groups excluding carboxylic acids is 2. The largest absolute Gasteiger partial charge is 0.417 e. The topological polar surface area (TPSA) is 61.2 Å². The van der Waals surface area contributed by atoms with Crippen molar-refractivity contribution in [3.8, 4) is 6.07 Å². The zero-order chi connectivity index (χ0) is 16.8. The molecule has 1 aliphatic heterocycles. The average Bonchev–Trinajstić information content (AvgIpc) is 2.78. The molecule has 2 aliphatic rings. The number of hydrogen-bond donors (Lipinski definition) is 0. The lowest BCUT2D eigenvalue weighted by molar-refractivity contribution is -0.138. The summed E-state index contributed by atoms with van der Waals surface area (Å²) in [7, 11) is 0. The summed E-state index contributed by atoms with van der Waals surface area (Å²) in [6.45, 7) is 0. The summed E-state index contributed by atoms with van der Waals surface area (Å²) in [5.74, 6) is -1.72. The number of alkyl halides is 3. The molecule has 1 aromatic carbocycles. The lowest BCUT2D eigenvalue weighted by atomic mass is 9.81. The van der Waals surface area contributed by atoms with Crippen molar-refractivity contribution in [3.63, 3.8) is 0 Å². The Morgan fingerprint density at radius 1 is 1.09 bits per heavy atom. The van der Waals surface area contributed by atoms with Crippen LogP contribution in [0.3, 0.4) is 0 Å². The molecule has 23 heavy (non-hydrogen) atoms. The average molecular weight is 322 g/mol. The van der Waals surface area contributed by atoms with E-state index in [2.05, 4.69) is 0 Å². The second kappa shape index (κ2) is 5.37. The maximum atomic E-state index is 13.1. The van der Waals surface area contributed by atoms with Crippen molar-refractivity contribution in [2.24, 2.45) is 11.8 Å². The molecule has 0 aromatic heterocycles. The Morgan fingerprint density at radius 3 is 2.13 bits per heavy atom. The Hall–Kier alpha value is -2.36. The quantitative estimate of drug-likeness (QED) is 0.746. The van der Waals surface area contributed by atoms with E-state index in [1.165, 1.54) is 12.1 Å². The van der Waals surface area contributed by atoms with E-state index in [0.29, 0.717) is 18.9 Å². The zero-order valence-corrected chi connectivity index (χ0v) is 12.1. The lowest BCUT2D eigenvalue weighted by Gasteiger charge is -2.19. The molecule has 1 saturated heterocycles. The Labute approximate surface area is 130 Å². The normalized spacial score (nSPS) is 24.5. The van der Waals surface area contributed by atoms with Crippen LogP contribution in [0.5, 0.6) is 0 Å². The van der Waals surface area contributed by atoms with Gasteiger partial charge in [0, 0.05) is 0 Å². The number of hydrogen-bond acceptors (Lipinski definition) is 3. The molecular weight excluding hydrogens is 309 g/mol. The third-order valence-corrected chi connectivity index (χ3v) is 4.53. The number of carbonyl (C=O) groups is 2. The molecule has 2 amide bonds. The molecule has 1 saturated carbocycles. The highest BCUT2D eigenvalue weighted by molar-refractivity contribution is 6.22. The predicted octanol–water partition coefficient (Wildman–Crippen LogP) is 3.26. The van der Waals surface area contributed by atoms with Crippen LogP contribution in [0.4, 0.5) is 18.9 Å². The van der Waals surface area contributed by atoms with Gasteiger partial charge >= 0.3 is 6.18 Å². The van der Waals surface area contributed by atoms with Gasteiger partial charge in [-0.3, -0.25) is 14.5 Å². The van der Waals surface area contributed by atoms with E-state index < -0.39 is 41.0 Å². The number of nitriles is 1. The molecule has 0 radical (unpaired) electrons. The third-order valence-electron chi connectivity index (χ3n) is 4.53. The molecule has 7 heteroatoms. The molecule has 1 aliphatic carbocycles. The fraction of sp³-hybridized carbons (Fsp3) is 0.438. The van der Waals surface area contributed by atoms with E-state index in [-0.39, 0.29) is 5.69 Å². The van der Waals surface area contributed by atoms with Gasteiger partial charge in [0.25, 0.3) is 0 Å². The van der Waals surface area contributed by atoms with Crippen molar-refractivity contribution in [2.75, 3.05) is 4.90 Å². The van der Waals surface area contributed by atoms with Crippen LogP contribution in [0.1, 0.15) is 36.8 Å². The Morgan fingerprint density at radius 2 is 1.65 bits per heavy atom. The van der Waals surface area contributed by atoms with Crippen molar-refractivity contribution in [1.82, 2.24) is 0 Å². The monoisotopic (exact) mass is 322 g/mol. The summed E-state index contributed by atoms with van der Waals surface area (Å²) in [6, 6.07) is 4.42. The van der Waals surface area contributed by atoms with E-state index in [1.807, 2.05) is 0 Å². The van der Waals surface area contributed by atoms with Crippen molar-refractivity contribution < 1.29 is 22.8 Å². The fourth-order valence-corrected chi connectivity index (χ4v) is 3.42. The summed E-state index contributed by atoms with van der Waals surface area (Å²) < 4.78 is 39.2. The first-order valence-corrected chi connectivity index (χ1v) is 7.33. The molecule has 0 spiro atoms. The first-order valence-electron chi connectivity index (χ1n) is 7.33. The molecule has 1 aromatic rings. The number of rotatable bonds is 1. The Bertz CT molecular complexity index is 697. The molecule has 2 unspecified atom stereocenters. The molecule has 0 bridgehead atoms. The number of fused-ring (bicyclic) bond motifs is 1. The van der Waals surface area contributed by atoms with Crippen molar-refractivity contribution in [2.45, 2.75) is 31.9 Å². The van der Waals surface area contributed by atoms with Gasteiger partial charge in [0.1, 0.15) is 0 Å². The van der Waals surface area contributed by atoms with Gasteiger partial charge in [-0.25, -0.2) is 0 Å². The highest BCUT2D eigenvalue weighted by atomic mass is 19.4. The maximum absolute atomic E-state index is 13.1. The number of anilines is 1. The van der Waals surface area contributed by atoms with E-state index in [0.717, 1.165) is 23.8 Å². The van der Waals surface area contributed by atoms with Gasteiger partial charge in [0.2, 0.25) is 11.8 Å². The van der Waals surface area contributed by atoms with Crippen LogP contribution in [0, 0.1) is 23.2 Å². The van der Waals surface area contributed by atoms with E-state index in [4.69, 9.17) is 5.26 Å². The molecule has 0 N–H and O–H groups in total. The highest BCUT2D eigenvalue weighted by Crippen LogP contribution is 2.41. The van der Waals surface area contributed by atoms with Crippen LogP contribution >= 0.6 is 0 Å². The molecule has 2 fully saturated rings. The highest BCUT2D eigenvalue weighted by Gasteiger charge is 2.49. The predicted molar refractivity (Wildman–Crippen MR) is 74.1 cm³/mol. The van der Waals surface area contributed by atoms with E-state index >= 15 is 0 Å². The van der Waals surface area contributed by atoms with Crippen molar-refractivity contribution >= 4 is 17.5 Å². The van der Waals surface area contributed by atoms with Crippen LogP contribution in [-0.2, 0) is 15.8 Å². The minimum Gasteiger partial charge on any atom is -0.274 e. The number of halogens is 3. The third kappa shape index (κ3) is 2.48. The molecule has 120 valence electrons. The first kappa shape index (κ1) is 15.5. The van der Waals surface area contributed by atoms with E-state index in [9.17, 15) is 22.8 Å².